The Kier molecular flexibility index (Phi) is 9.00. The molecule has 0 aromatic heterocycles. The van der Waals surface area contributed by atoms with Crippen molar-refractivity contribution in [2.45, 2.75) is 45.1 Å². The van der Waals surface area contributed by atoms with Crippen molar-refractivity contribution in [2.75, 3.05) is 6.54 Å². The van der Waals surface area contributed by atoms with E-state index in [1.165, 1.54) is 5.56 Å². The Balaban J connectivity index is 0.000000420. The lowest BCUT2D eigenvalue weighted by molar-refractivity contribution is -0.133. The van der Waals surface area contributed by atoms with Gasteiger partial charge in [0.25, 0.3) is 0 Å². The highest BCUT2D eigenvalue weighted by molar-refractivity contribution is 5.85. The maximum absolute atomic E-state index is 12.9. The van der Waals surface area contributed by atoms with Gasteiger partial charge in [-0.3, -0.25) is 10.1 Å². The molecule has 4 rings (SSSR count). The molecule has 0 spiro atoms. The molecular formula is C28H33N3O4. The summed E-state index contributed by atoms with van der Waals surface area (Å²) in [7, 11) is 0. The Morgan fingerprint density at radius 3 is 2.09 bits per heavy atom. The number of benzene rings is 3. The van der Waals surface area contributed by atoms with Crippen LogP contribution in [0.2, 0.25) is 0 Å². The molecule has 0 aliphatic carbocycles. The van der Waals surface area contributed by atoms with E-state index in [0.717, 1.165) is 5.56 Å². The average Bonchev–Trinajstić information content (AvgIpc) is 3.08. The van der Waals surface area contributed by atoms with Crippen molar-refractivity contribution in [3.63, 3.8) is 0 Å². The maximum atomic E-state index is 12.9. The molecule has 0 saturated carbocycles. The number of amides is 2. The molecule has 3 aromatic rings. The van der Waals surface area contributed by atoms with Gasteiger partial charge in [-0.25, -0.2) is 4.79 Å². The first-order valence-corrected chi connectivity index (χ1v) is 11.6. The van der Waals surface area contributed by atoms with Crippen LogP contribution in [0.15, 0.2) is 91.0 Å². The lowest BCUT2D eigenvalue weighted by Gasteiger charge is -2.31. The summed E-state index contributed by atoms with van der Waals surface area (Å²) in [6.07, 6.45) is -1.77. The number of aliphatic hydroxyl groups excluding tert-OH is 1. The molecule has 0 radical (unpaired) electrons. The predicted octanol–water partition coefficient (Wildman–Crippen LogP) is 3.87. The number of ether oxygens (including phenoxy) is 1. The van der Waals surface area contributed by atoms with Crippen LogP contribution in [-0.2, 0) is 11.3 Å². The van der Waals surface area contributed by atoms with Gasteiger partial charge in [0.15, 0.2) is 0 Å². The summed E-state index contributed by atoms with van der Waals surface area (Å²) in [4.78, 5) is 26.4. The molecule has 7 nitrogen and oxygen atoms in total. The van der Waals surface area contributed by atoms with Gasteiger partial charge in [-0.05, 0) is 38.5 Å². The number of para-hydroxylation sites is 1. The molecule has 1 saturated heterocycles. The van der Waals surface area contributed by atoms with Crippen LogP contribution >= 0.6 is 0 Å². The molecule has 1 aliphatic heterocycles. The van der Waals surface area contributed by atoms with Gasteiger partial charge >= 0.3 is 6.09 Å². The molecule has 1 heterocycles. The number of nitrogens with one attached hydrogen (secondary N) is 2. The zero-order valence-electron chi connectivity index (χ0n) is 20.3. The van der Waals surface area contributed by atoms with Crippen LogP contribution in [0.1, 0.15) is 25.0 Å². The standard InChI is InChI=1S/C21H25N3O4.C7H8/c1-21(2)23-18(19(26)24(21)14-15-9-5-3-6-10-15)17(25)13-22-20(27)28-16-11-7-4-8-12-16;1-7-5-3-2-4-6-7/h3-12,17-18,23,25H,13-14H2,1-2H3,(H,22,27);2-6H,1H3. The molecule has 2 unspecified atom stereocenters. The summed E-state index contributed by atoms with van der Waals surface area (Å²) >= 11 is 0. The second kappa shape index (κ2) is 12.1. The summed E-state index contributed by atoms with van der Waals surface area (Å²) in [5.41, 5.74) is 1.70. The molecule has 1 aliphatic rings. The van der Waals surface area contributed by atoms with E-state index in [2.05, 4.69) is 29.7 Å². The minimum Gasteiger partial charge on any atom is -0.410 e. The van der Waals surface area contributed by atoms with Gasteiger partial charge in [0, 0.05) is 13.1 Å². The summed E-state index contributed by atoms with van der Waals surface area (Å²) in [6.45, 7) is 6.19. The van der Waals surface area contributed by atoms with Crippen LogP contribution in [0, 0.1) is 6.92 Å². The first kappa shape index (κ1) is 25.9. The minimum atomic E-state index is -1.09. The highest BCUT2D eigenvalue weighted by Gasteiger charge is 2.47. The number of nitrogens with zero attached hydrogens (tertiary/aromatic N) is 1. The van der Waals surface area contributed by atoms with E-state index < -0.39 is 23.9 Å². The summed E-state index contributed by atoms with van der Waals surface area (Å²) in [6, 6.07) is 27.8. The molecule has 2 atom stereocenters. The van der Waals surface area contributed by atoms with Gasteiger partial charge in [0.1, 0.15) is 11.8 Å². The minimum absolute atomic E-state index is 0.107. The van der Waals surface area contributed by atoms with Crippen molar-refractivity contribution in [1.82, 2.24) is 15.5 Å². The summed E-state index contributed by atoms with van der Waals surface area (Å²) in [5.74, 6) is 0.194. The second-order valence-corrected chi connectivity index (χ2v) is 8.90. The van der Waals surface area contributed by atoms with Crippen molar-refractivity contribution in [3.05, 3.63) is 102 Å². The molecule has 0 bridgehead atoms. The van der Waals surface area contributed by atoms with Crippen LogP contribution in [0.3, 0.4) is 0 Å². The largest absolute Gasteiger partial charge is 0.412 e. The van der Waals surface area contributed by atoms with Crippen molar-refractivity contribution in [2.24, 2.45) is 0 Å². The Morgan fingerprint density at radius 2 is 1.54 bits per heavy atom. The Morgan fingerprint density at radius 1 is 1.00 bits per heavy atom. The molecule has 2 amide bonds. The van der Waals surface area contributed by atoms with E-state index in [9.17, 15) is 14.7 Å². The van der Waals surface area contributed by atoms with E-state index in [-0.39, 0.29) is 12.5 Å². The SMILES string of the molecule is CC1(C)NC(C(O)CNC(=O)Oc2ccccc2)C(=O)N1Cc1ccccc1.Cc1ccccc1. The fourth-order valence-electron chi connectivity index (χ4n) is 3.74. The highest BCUT2D eigenvalue weighted by Crippen LogP contribution is 2.25. The topological polar surface area (TPSA) is 90.9 Å². The molecule has 35 heavy (non-hydrogen) atoms. The van der Waals surface area contributed by atoms with Crippen LogP contribution < -0.4 is 15.4 Å². The maximum Gasteiger partial charge on any atom is 0.412 e. The fraction of sp³-hybridized carbons (Fsp3) is 0.286. The number of aryl methyl sites for hydroxylation is 1. The van der Waals surface area contributed by atoms with Gasteiger partial charge in [0.2, 0.25) is 5.91 Å². The average molecular weight is 476 g/mol. The third-order valence-electron chi connectivity index (χ3n) is 5.63. The first-order chi connectivity index (χ1) is 16.8. The quantitative estimate of drug-likeness (QED) is 0.504. The van der Waals surface area contributed by atoms with E-state index in [1.54, 1.807) is 29.2 Å². The Hall–Kier alpha value is -3.68. The van der Waals surface area contributed by atoms with Crippen LogP contribution in [0.25, 0.3) is 0 Å². The first-order valence-electron chi connectivity index (χ1n) is 11.6. The van der Waals surface area contributed by atoms with Crippen LogP contribution in [-0.4, -0.2) is 46.4 Å². The third-order valence-corrected chi connectivity index (χ3v) is 5.63. The van der Waals surface area contributed by atoms with Crippen molar-refractivity contribution in [1.29, 1.82) is 0 Å². The molecular weight excluding hydrogens is 442 g/mol. The zero-order valence-corrected chi connectivity index (χ0v) is 20.3. The molecule has 7 heteroatoms. The van der Waals surface area contributed by atoms with Crippen molar-refractivity contribution < 1.29 is 19.4 Å². The van der Waals surface area contributed by atoms with Gasteiger partial charge in [-0.2, -0.15) is 0 Å². The number of hydrogen-bond acceptors (Lipinski definition) is 5. The predicted molar refractivity (Wildman–Crippen MR) is 136 cm³/mol. The molecule has 3 aromatic carbocycles. The van der Waals surface area contributed by atoms with Crippen molar-refractivity contribution >= 4 is 12.0 Å². The highest BCUT2D eigenvalue weighted by atomic mass is 16.6. The molecule has 1 fully saturated rings. The molecule has 184 valence electrons. The van der Waals surface area contributed by atoms with E-state index in [1.807, 2.05) is 68.4 Å². The number of carbonyl (C=O) groups excluding carboxylic acids is 2. The van der Waals surface area contributed by atoms with E-state index in [0.29, 0.717) is 12.3 Å². The Labute approximate surface area is 206 Å². The number of rotatable bonds is 6. The van der Waals surface area contributed by atoms with Gasteiger partial charge in [-0.15, -0.1) is 0 Å². The monoisotopic (exact) mass is 475 g/mol. The number of carbonyl (C=O) groups is 2. The number of hydrogen-bond donors (Lipinski definition) is 3. The van der Waals surface area contributed by atoms with Gasteiger partial charge < -0.3 is 20.1 Å². The number of aliphatic hydroxyl groups is 1. The smallest absolute Gasteiger partial charge is 0.410 e. The lowest BCUT2D eigenvalue weighted by Crippen LogP contribution is -2.50. The lowest BCUT2D eigenvalue weighted by atomic mass is 10.1. The molecule has 3 N–H and O–H groups in total. The normalized spacial score (nSPS) is 17.2. The second-order valence-electron chi connectivity index (χ2n) is 8.90. The summed E-state index contributed by atoms with van der Waals surface area (Å²) in [5, 5.41) is 16.1. The fourth-order valence-corrected chi connectivity index (χ4v) is 3.74. The van der Waals surface area contributed by atoms with Crippen LogP contribution in [0.4, 0.5) is 4.79 Å². The third kappa shape index (κ3) is 7.67. The van der Waals surface area contributed by atoms with Gasteiger partial charge in [-0.1, -0.05) is 84.4 Å². The summed E-state index contributed by atoms with van der Waals surface area (Å²) < 4.78 is 5.12. The Bertz CT molecular complexity index is 1080. The zero-order chi connectivity index (χ0) is 25.3. The van der Waals surface area contributed by atoms with Gasteiger partial charge in [0.05, 0.1) is 11.8 Å². The van der Waals surface area contributed by atoms with Crippen molar-refractivity contribution in [3.8, 4) is 5.75 Å². The van der Waals surface area contributed by atoms with Crippen LogP contribution in [0.5, 0.6) is 5.75 Å². The van der Waals surface area contributed by atoms with E-state index >= 15 is 0 Å². The van der Waals surface area contributed by atoms with E-state index in [4.69, 9.17) is 4.74 Å².